The van der Waals surface area contributed by atoms with Crippen LogP contribution in [0.25, 0.3) is 0 Å². The van der Waals surface area contributed by atoms with E-state index in [9.17, 15) is 10.2 Å². The lowest BCUT2D eigenvalue weighted by Crippen LogP contribution is -2.41. The van der Waals surface area contributed by atoms with Crippen LogP contribution in [0.5, 0.6) is 0 Å². The van der Waals surface area contributed by atoms with Crippen LogP contribution in [0, 0.1) is 0 Å². The molecule has 0 bridgehead atoms. The maximum atomic E-state index is 10.0. The topological polar surface area (TPSA) is 61.7 Å². The van der Waals surface area contributed by atoms with Crippen LogP contribution in [0.3, 0.4) is 0 Å². The average Bonchev–Trinajstić information content (AvgIpc) is 2.62. The third-order valence-corrected chi connectivity index (χ3v) is 2.88. The monoisotopic (exact) mass is 217 g/mol. The fourth-order valence-electron chi connectivity index (χ4n) is 1.99. The fourth-order valence-corrected chi connectivity index (χ4v) is 1.99. The van der Waals surface area contributed by atoms with Crippen LogP contribution in [-0.4, -0.2) is 48.2 Å². The molecule has 1 unspecified atom stereocenters. The minimum atomic E-state index is -0.536. The average molecular weight is 217 g/mol. The van der Waals surface area contributed by atoms with Gasteiger partial charge in [-0.1, -0.05) is 12.8 Å². The van der Waals surface area contributed by atoms with Crippen molar-refractivity contribution >= 4 is 0 Å². The van der Waals surface area contributed by atoms with E-state index in [2.05, 4.69) is 5.32 Å². The molecule has 90 valence electrons. The molecule has 0 heterocycles. The van der Waals surface area contributed by atoms with E-state index in [1.54, 1.807) is 0 Å². The van der Waals surface area contributed by atoms with Crippen molar-refractivity contribution in [1.29, 1.82) is 0 Å². The largest absolute Gasteiger partial charge is 0.389 e. The van der Waals surface area contributed by atoms with Crippen LogP contribution in [0.15, 0.2) is 0 Å². The molecule has 4 nitrogen and oxygen atoms in total. The van der Waals surface area contributed by atoms with Crippen LogP contribution in [0.4, 0.5) is 0 Å². The summed E-state index contributed by atoms with van der Waals surface area (Å²) in [6, 6.07) is 0. The van der Waals surface area contributed by atoms with Gasteiger partial charge in [-0.15, -0.1) is 0 Å². The van der Waals surface area contributed by atoms with E-state index in [1.807, 2.05) is 6.92 Å². The van der Waals surface area contributed by atoms with Gasteiger partial charge in [0.1, 0.15) is 0 Å². The third-order valence-electron chi connectivity index (χ3n) is 2.88. The molecule has 1 fully saturated rings. The van der Waals surface area contributed by atoms with Gasteiger partial charge >= 0.3 is 0 Å². The van der Waals surface area contributed by atoms with Gasteiger partial charge in [0.2, 0.25) is 0 Å². The van der Waals surface area contributed by atoms with Crippen LogP contribution in [-0.2, 0) is 4.74 Å². The van der Waals surface area contributed by atoms with Crippen molar-refractivity contribution < 1.29 is 14.9 Å². The molecular formula is C11H23NO3. The standard InChI is InChI=1S/C11H23NO3/c1-2-15-8-10(13)7-12-9-11(14)5-3-4-6-11/h10,12-14H,2-9H2,1H3. The van der Waals surface area contributed by atoms with Crippen molar-refractivity contribution in [2.75, 3.05) is 26.3 Å². The molecule has 1 rings (SSSR count). The molecule has 1 saturated carbocycles. The van der Waals surface area contributed by atoms with Crippen LogP contribution in [0.2, 0.25) is 0 Å². The smallest absolute Gasteiger partial charge is 0.0897 e. The van der Waals surface area contributed by atoms with E-state index >= 15 is 0 Å². The maximum absolute atomic E-state index is 10.0. The molecule has 0 aromatic heterocycles. The second-order valence-corrected chi connectivity index (χ2v) is 4.38. The number of ether oxygens (including phenoxy) is 1. The first-order valence-corrected chi connectivity index (χ1v) is 5.85. The highest BCUT2D eigenvalue weighted by molar-refractivity contribution is 4.86. The van der Waals surface area contributed by atoms with Gasteiger partial charge in [-0.3, -0.25) is 0 Å². The molecule has 0 aromatic rings. The number of nitrogens with one attached hydrogen (secondary N) is 1. The first kappa shape index (κ1) is 12.9. The molecule has 4 heteroatoms. The zero-order valence-electron chi connectivity index (χ0n) is 9.54. The Bertz CT molecular complexity index is 169. The summed E-state index contributed by atoms with van der Waals surface area (Å²) in [4.78, 5) is 0. The number of aliphatic hydroxyl groups excluding tert-OH is 1. The molecule has 0 amide bonds. The van der Waals surface area contributed by atoms with Crippen LogP contribution >= 0.6 is 0 Å². The molecule has 0 radical (unpaired) electrons. The highest BCUT2D eigenvalue weighted by Crippen LogP contribution is 2.28. The van der Waals surface area contributed by atoms with Crippen molar-refractivity contribution in [3.63, 3.8) is 0 Å². The zero-order chi connectivity index (χ0) is 11.1. The minimum absolute atomic E-state index is 0.363. The van der Waals surface area contributed by atoms with Gasteiger partial charge < -0.3 is 20.3 Å². The third kappa shape index (κ3) is 4.93. The van der Waals surface area contributed by atoms with E-state index < -0.39 is 11.7 Å². The minimum Gasteiger partial charge on any atom is -0.389 e. The summed E-state index contributed by atoms with van der Waals surface area (Å²) in [5, 5.41) is 22.6. The molecule has 3 N–H and O–H groups in total. The zero-order valence-corrected chi connectivity index (χ0v) is 9.54. The molecule has 0 spiro atoms. The van der Waals surface area contributed by atoms with E-state index in [1.165, 1.54) is 0 Å². The highest BCUT2D eigenvalue weighted by Gasteiger charge is 2.30. The van der Waals surface area contributed by atoms with Crippen molar-refractivity contribution in [2.45, 2.75) is 44.3 Å². The number of aliphatic hydroxyl groups is 2. The van der Waals surface area contributed by atoms with Gasteiger partial charge in [0.15, 0.2) is 0 Å². The van der Waals surface area contributed by atoms with Gasteiger partial charge in [0, 0.05) is 19.7 Å². The fraction of sp³-hybridized carbons (Fsp3) is 1.00. The van der Waals surface area contributed by atoms with Crippen molar-refractivity contribution in [1.82, 2.24) is 5.32 Å². The van der Waals surface area contributed by atoms with Crippen molar-refractivity contribution in [3.05, 3.63) is 0 Å². The Labute approximate surface area is 91.6 Å². The van der Waals surface area contributed by atoms with Crippen molar-refractivity contribution in [3.8, 4) is 0 Å². The van der Waals surface area contributed by atoms with E-state index in [-0.39, 0.29) is 0 Å². The normalized spacial score (nSPS) is 21.8. The summed E-state index contributed by atoms with van der Waals surface area (Å²) >= 11 is 0. The summed E-state index contributed by atoms with van der Waals surface area (Å²) < 4.78 is 5.09. The molecule has 0 saturated heterocycles. The van der Waals surface area contributed by atoms with Gasteiger partial charge in [0.05, 0.1) is 18.3 Å². The van der Waals surface area contributed by atoms with Gasteiger partial charge in [-0.2, -0.15) is 0 Å². The van der Waals surface area contributed by atoms with Gasteiger partial charge in [-0.05, 0) is 19.8 Å². The molecular weight excluding hydrogens is 194 g/mol. The number of hydrogen-bond acceptors (Lipinski definition) is 4. The van der Waals surface area contributed by atoms with Crippen molar-refractivity contribution in [2.24, 2.45) is 0 Å². The summed E-state index contributed by atoms with van der Waals surface area (Å²) in [6.07, 6.45) is 3.50. The number of rotatable bonds is 7. The molecule has 0 aromatic carbocycles. The Hall–Kier alpha value is -0.160. The van der Waals surface area contributed by atoms with E-state index in [0.717, 1.165) is 25.7 Å². The van der Waals surface area contributed by atoms with Gasteiger partial charge in [0.25, 0.3) is 0 Å². The molecule has 1 atom stereocenters. The maximum Gasteiger partial charge on any atom is 0.0897 e. The molecule has 1 aliphatic rings. The Kier molecular flexibility index (Phi) is 5.53. The predicted octanol–water partition coefficient (Wildman–Crippen LogP) is 0.278. The van der Waals surface area contributed by atoms with Crippen LogP contribution in [0.1, 0.15) is 32.6 Å². The Balaban J connectivity index is 2.04. The lowest BCUT2D eigenvalue weighted by Gasteiger charge is -2.23. The second kappa shape index (κ2) is 6.43. The second-order valence-electron chi connectivity index (χ2n) is 4.38. The summed E-state index contributed by atoms with van der Waals surface area (Å²) in [6.45, 7) is 3.96. The molecule has 1 aliphatic carbocycles. The molecule has 15 heavy (non-hydrogen) atoms. The van der Waals surface area contributed by atoms with Crippen LogP contribution < -0.4 is 5.32 Å². The first-order chi connectivity index (χ1) is 7.16. The number of hydrogen-bond donors (Lipinski definition) is 3. The quantitative estimate of drug-likeness (QED) is 0.573. The highest BCUT2D eigenvalue weighted by atomic mass is 16.5. The summed E-state index contributed by atoms with van der Waals surface area (Å²) in [5.41, 5.74) is -0.536. The van der Waals surface area contributed by atoms with E-state index in [0.29, 0.717) is 26.3 Å². The predicted molar refractivity (Wildman–Crippen MR) is 58.8 cm³/mol. The Morgan fingerprint density at radius 2 is 2.07 bits per heavy atom. The Morgan fingerprint density at radius 1 is 1.40 bits per heavy atom. The van der Waals surface area contributed by atoms with E-state index in [4.69, 9.17) is 4.74 Å². The lowest BCUT2D eigenvalue weighted by atomic mass is 10.0. The Morgan fingerprint density at radius 3 is 2.67 bits per heavy atom. The van der Waals surface area contributed by atoms with Gasteiger partial charge in [-0.25, -0.2) is 0 Å². The SMILES string of the molecule is CCOCC(O)CNCC1(O)CCCC1. The molecule has 0 aliphatic heterocycles. The lowest BCUT2D eigenvalue weighted by molar-refractivity contribution is 0.0262. The summed E-state index contributed by atoms with van der Waals surface area (Å²) in [5.74, 6) is 0. The first-order valence-electron chi connectivity index (χ1n) is 5.85. The summed E-state index contributed by atoms with van der Waals surface area (Å²) in [7, 11) is 0.